The number of carboxylic acids is 1. The van der Waals surface area contributed by atoms with Gasteiger partial charge in [-0.25, -0.2) is 0 Å². The van der Waals surface area contributed by atoms with E-state index in [9.17, 15) is 9.59 Å². The summed E-state index contributed by atoms with van der Waals surface area (Å²) in [4.78, 5) is 21.9. The Morgan fingerprint density at radius 2 is 2.18 bits per heavy atom. The summed E-state index contributed by atoms with van der Waals surface area (Å²) in [6.07, 6.45) is 2.91. The Balaban J connectivity index is 4.31. The van der Waals surface area contributed by atoms with Crippen LogP contribution < -0.4 is 10.6 Å². The Kier molecular flexibility index (Phi) is 7.19. The van der Waals surface area contributed by atoms with Gasteiger partial charge in [-0.2, -0.15) is 5.26 Å². The molecular weight excluding hydrogens is 222 g/mol. The first kappa shape index (κ1) is 15.0. The molecule has 0 radical (unpaired) electrons. The Morgan fingerprint density at radius 1 is 1.53 bits per heavy atom. The van der Waals surface area contributed by atoms with E-state index in [2.05, 4.69) is 10.6 Å². The van der Waals surface area contributed by atoms with Crippen molar-refractivity contribution < 1.29 is 14.7 Å². The van der Waals surface area contributed by atoms with Gasteiger partial charge in [0.15, 0.2) is 0 Å². The van der Waals surface area contributed by atoms with E-state index in [1.165, 1.54) is 6.92 Å². The molecule has 0 aliphatic rings. The van der Waals surface area contributed by atoms with Gasteiger partial charge < -0.3 is 15.7 Å². The van der Waals surface area contributed by atoms with Gasteiger partial charge >= 0.3 is 5.97 Å². The second-order valence-electron chi connectivity index (χ2n) is 3.51. The number of aliphatic carboxylic acids is 1. The molecule has 0 heterocycles. The van der Waals surface area contributed by atoms with Gasteiger partial charge in [0.05, 0.1) is 0 Å². The molecule has 3 N–H and O–H groups in total. The molecule has 1 atom stereocenters. The van der Waals surface area contributed by atoms with Crippen LogP contribution in [-0.4, -0.2) is 29.6 Å². The molecule has 0 saturated heterocycles. The predicted octanol–water partition coefficient (Wildman–Crippen LogP) is 0.373. The minimum atomic E-state index is -1.05. The molecule has 1 unspecified atom stereocenters. The van der Waals surface area contributed by atoms with Crippen molar-refractivity contribution in [1.82, 2.24) is 10.6 Å². The van der Waals surface area contributed by atoms with Gasteiger partial charge in [0.2, 0.25) is 0 Å². The molecule has 6 nitrogen and oxygen atoms in total. The number of carboxylic acid groups (broad SMARTS) is 1. The summed E-state index contributed by atoms with van der Waals surface area (Å²) >= 11 is 0. The van der Waals surface area contributed by atoms with Crippen molar-refractivity contribution in [3.05, 3.63) is 11.8 Å². The lowest BCUT2D eigenvalue weighted by Crippen LogP contribution is -2.32. The van der Waals surface area contributed by atoms with Gasteiger partial charge in [0.25, 0.3) is 5.91 Å². The average molecular weight is 239 g/mol. The zero-order valence-corrected chi connectivity index (χ0v) is 9.99. The summed E-state index contributed by atoms with van der Waals surface area (Å²) in [5, 5.41) is 22.4. The maximum Gasteiger partial charge on any atom is 0.325 e. The first-order valence-corrected chi connectivity index (χ1v) is 5.40. The number of amides is 1. The summed E-state index contributed by atoms with van der Waals surface area (Å²) in [7, 11) is 0. The molecule has 0 aromatic heterocycles. The van der Waals surface area contributed by atoms with Crippen molar-refractivity contribution >= 4 is 11.9 Å². The molecule has 94 valence electrons. The zero-order valence-electron chi connectivity index (χ0n) is 9.99. The lowest BCUT2D eigenvalue weighted by atomic mass is 10.2. The van der Waals surface area contributed by atoms with Crippen LogP contribution in [0.4, 0.5) is 0 Å². The Hall–Kier alpha value is -2.03. The Labute approximate surface area is 100 Å². The van der Waals surface area contributed by atoms with Gasteiger partial charge in [-0.15, -0.1) is 0 Å². The largest absolute Gasteiger partial charge is 0.480 e. The van der Waals surface area contributed by atoms with E-state index < -0.39 is 17.9 Å². The second-order valence-corrected chi connectivity index (χ2v) is 3.51. The topological polar surface area (TPSA) is 102 Å². The predicted molar refractivity (Wildman–Crippen MR) is 61.8 cm³/mol. The van der Waals surface area contributed by atoms with Crippen LogP contribution in [0, 0.1) is 11.3 Å². The molecule has 0 bridgehead atoms. The quantitative estimate of drug-likeness (QED) is 0.338. The smallest absolute Gasteiger partial charge is 0.325 e. The normalized spacial score (nSPS) is 12.4. The number of carbonyl (C=O) groups excluding carboxylic acids is 1. The molecule has 1 amide bonds. The summed E-state index contributed by atoms with van der Waals surface area (Å²) < 4.78 is 0. The van der Waals surface area contributed by atoms with Gasteiger partial charge in [-0.05, 0) is 13.3 Å². The lowest BCUT2D eigenvalue weighted by Gasteiger charge is -2.07. The summed E-state index contributed by atoms with van der Waals surface area (Å²) in [6, 6.07) is 0.871. The van der Waals surface area contributed by atoms with Crippen LogP contribution >= 0.6 is 0 Å². The van der Waals surface area contributed by atoms with E-state index in [4.69, 9.17) is 10.4 Å². The van der Waals surface area contributed by atoms with Crippen LogP contribution in [0.1, 0.15) is 26.7 Å². The van der Waals surface area contributed by atoms with E-state index in [-0.39, 0.29) is 5.57 Å². The molecule has 17 heavy (non-hydrogen) atoms. The highest BCUT2D eigenvalue weighted by Gasteiger charge is 2.11. The molecule has 0 aliphatic heterocycles. The van der Waals surface area contributed by atoms with E-state index >= 15 is 0 Å². The number of hydrogen-bond acceptors (Lipinski definition) is 4. The molecule has 0 saturated carbocycles. The third kappa shape index (κ3) is 6.20. The van der Waals surface area contributed by atoms with Gasteiger partial charge in [0, 0.05) is 12.7 Å². The molecule has 0 aromatic carbocycles. The number of unbranched alkanes of at least 4 members (excludes halogenated alkanes) is 1. The van der Waals surface area contributed by atoms with Crippen molar-refractivity contribution in [3.8, 4) is 6.07 Å². The minimum absolute atomic E-state index is 0.130. The highest BCUT2D eigenvalue weighted by atomic mass is 16.4. The van der Waals surface area contributed by atoms with Gasteiger partial charge in [-0.3, -0.25) is 9.59 Å². The van der Waals surface area contributed by atoms with Crippen molar-refractivity contribution in [2.24, 2.45) is 0 Å². The SMILES string of the molecule is CCCCNC(=O)/C(C#N)=C\NC(C)C(=O)O. The van der Waals surface area contributed by atoms with Gasteiger partial charge in [-0.1, -0.05) is 13.3 Å². The average Bonchev–Trinajstić information content (AvgIpc) is 2.29. The molecule has 0 aromatic rings. The minimum Gasteiger partial charge on any atom is -0.480 e. The van der Waals surface area contributed by atoms with Crippen LogP contribution in [0.15, 0.2) is 11.8 Å². The van der Waals surface area contributed by atoms with Crippen LogP contribution in [0.3, 0.4) is 0 Å². The van der Waals surface area contributed by atoms with Crippen LogP contribution in [0.25, 0.3) is 0 Å². The first-order chi connectivity index (χ1) is 8.02. The monoisotopic (exact) mass is 239 g/mol. The summed E-state index contributed by atoms with van der Waals surface area (Å²) in [5.41, 5.74) is -0.130. The molecule has 0 fully saturated rings. The highest BCUT2D eigenvalue weighted by molar-refractivity contribution is 5.97. The number of hydrogen-bond donors (Lipinski definition) is 3. The van der Waals surface area contributed by atoms with Crippen molar-refractivity contribution in [1.29, 1.82) is 5.26 Å². The third-order valence-corrected chi connectivity index (χ3v) is 2.03. The van der Waals surface area contributed by atoms with E-state index in [1.54, 1.807) is 6.07 Å². The molecule has 0 spiro atoms. The van der Waals surface area contributed by atoms with E-state index in [0.717, 1.165) is 19.0 Å². The number of nitrogens with one attached hydrogen (secondary N) is 2. The lowest BCUT2D eigenvalue weighted by molar-refractivity contribution is -0.138. The molecule has 6 heteroatoms. The maximum absolute atomic E-state index is 11.4. The first-order valence-electron chi connectivity index (χ1n) is 5.40. The van der Waals surface area contributed by atoms with Gasteiger partial charge in [0.1, 0.15) is 17.7 Å². The van der Waals surface area contributed by atoms with Crippen molar-refractivity contribution in [2.75, 3.05) is 6.54 Å². The Morgan fingerprint density at radius 3 is 2.65 bits per heavy atom. The van der Waals surface area contributed by atoms with Crippen LogP contribution in [-0.2, 0) is 9.59 Å². The fourth-order valence-corrected chi connectivity index (χ4v) is 0.902. The van der Waals surface area contributed by atoms with Crippen molar-refractivity contribution in [3.63, 3.8) is 0 Å². The summed E-state index contributed by atoms with van der Waals surface area (Å²) in [6.45, 7) is 3.91. The molecular formula is C11H17N3O3. The van der Waals surface area contributed by atoms with Crippen molar-refractivity contribution in [2.45, 2.75) is 32.7 Å². The van der Waals surface area contributed by atoms with E-state index in [1.807, 2.05) is 6.92 Å². The fourth-order valence-electron chi connectivity index (χ4n) is 0.902. The standard InChI is InChI=1S/C11H17N3O3/c1-3-4-5-13-10(15)9(6-12)7-14-8(2)11(16)17/h7-8,14H,3-5H2,1-2H3,(H,13,15)(H,16,17)/b9-7-. The second kappa shape index (κ2) is 8.16. The fraction of sp³-hybridized carbons (Fsp3) is 0.545. The van der Waals surface area contributed by atoms with E-state index in [0.29, 0.717) is 6.54 Å². The van der Waals surface area contributed by atoms with Crippen LogP contribution in [0.2, 0.25) is 0 Å². The third-order valence-electron chi connectivity index (χ3n) is 2.03. The maximum atomic E-state index is 11.4. The number of carbonyl (C=O) groups is 2. The van der Waals surface area contributed by atoms with Crippen LogP contribution in [0.5, 0.6) is 0 Å². The number of nitrogens with zero attached hydrogens (tertiary/aromatic N) is 1. The molecule has 0 rings (SSSR count). The number of nitriles is 1. The highest BCUT2D eigenvalue weighted by Crippen LogP contribution is 1.93. The number of rotatable bonds is 7. The molecule has 0 aliphatic carbocycles. The zero-order chi connectivity index (χ0) is 13.3. The Bertz CT molecular complexity index is 344. The summed E-state index contributed by atoms with van der Waals surface area (Å²) in [5.74, 6) is -1.55.